The molecular formula is C23H25N7O2. The first-order valence-electron chi connectivity index (χ1n) is 10.5. The molecule has 5 N–H and O–H groups in total. The molecule has 9 heteroatoms. The zero-order valence-corrected chi connectivity index (χ0v) is 18.0. The summed E-state index contributed by atoms with van der Waals surface area (Å²) in [5.41, 5.74) is 12.4. The Morgan fingerprint density at radius 2 is 1.88 bits per heavy atom. The van der Waals surface area contributed by atoms with Gasteiger partial charge in [-0.3, -0.25) is 9.89 Å². The van der Waals surface area contributed by atoms with Crippen molar-refractivity contribution in [1.82, 2.24) is 20.2 Å². The highest BCUT2D eigenvalue weighted by Crippen LogP contribution is 2.25. The standard InChI is InChI=1S/C23H25N7O2/c1-25-20(22-27-17-9-14-11-26-12-15(14)10-18(17)28-22)21(31)19(24)13-3-5-16(6-4-13)30-8-7-29(2)23(30)32/h3-6,9-10,26,31H,7-8,11-12,24H2,1-2H3,(H,27,28). The number of likely N-dealkylation sites (N-methyl/N-ethyl adjacent to an activating group) is 1. The molecule has 2 aromatic carbocycles. The van der Waals surface area contributed by atoms with E-state index in [1.54, 1.807) is 36.0 Å². The van der Waals surface area contributed by atoms with Crippen molar-refractivity contribution in [3.8, 4) is 0 Å². The number of aliphatic imine (C=N–C) groups is 1. The van der Waals surface area contributed by atoms with Crippen LogP contribution in [-0.4, -0.2) is 58.9 Å². The van der Waals surface area contributed by atoms with Gasteiger partial charge in [0, 0.05) is 51.5 Å². The second kappa shape index (κ2) is 7.69. The van der Waals surface area contributed by atoms with Gasteiger partial charge in [0.2, 0.25) is 0 Å². The molecule has 32 heavy (non-hydrogen) atoms. The number of anilines is 1. The maximum absolute atomic E-state index is 12.2. The number of nitrogens with zero attached hydrogens (tertiary/aromatic N) is 4. The number of imidazole rings is 1. The van der Waals surface area contributed by atoms with Crippen LogP contribution in [0.3, 0.4) is 0 Å². The van der Waals surface area contributed by atoms with Gasteiger partial charge in [-0.1, -0.05) is 12.1 Å². The third-order valence-corrected chi connectivity index (χ3v) is 6.07. The van der Waals surface area contributed by atoms with E-state index >= 15 is 0 Å². The minimum absolute atomic E-state index is 0.0313. The molecule has 3 heterocycles. The van der Waals surface area contributed by atoms with Gasteiger partial charge >= 0.3 is 6.03 Å². The maximum Gasteiger partial charge on any atom is 0.324 e. The zero-order chi connectivity index (χ0) is 22.4. The Bertz CT molecular complexity index is 1230. The van der Waals surface area contributed by atoms with E-state index in [4.69, 9.17) is 5.73 Å². The highest BCUT2D eigenvalue weighted by molar-refractivity contribution is 6.13. The van der Waals surface area contributed by atoms with E-state index in [1.807, 2.05) is 12.1 Å². The first kappa shape index (κ1) is 20.1. The van der Waals surface area contributed by atoms with Crippen LogP contribution in [0.4, 0.5) is 10.5 Å². The predicted octanol–water partition coefficient (Wildman–Crippen LogP) is 2.34. The molecule has 2 amide bonds. The molecule has 0 atom stereocenters. The fraction of sp³-hybridized carbons (Fsp3) is 0.261. The maximum atomic E-state index is 12.2. The minimum atomic E-state index is -0.148. The number of urea groups is 1. The summed E-state index contributed by atoms with van der Waals surface area (Å²) in [6.07, 6.45) is 0. The molecule has 164 valence electrons. The summed E-state index contributed by atoms with van der Waals surface area (Å²) in [5, 5.41) is 14.2. The van der Waals surface area contributed by atoms with E-state index in [0.717, 1.165) is 29.8 Å². The van der Waals surface area contributed by atoms with Crippen LogP contribution in [0.15, 0.2) is 47.1 Å². The Labute approximate surface area is 185 Å². The van der Waals surface area contributed by atoms with Crippen LogP contribution in [0.5, 0.6) is 0 Å². The monoisotopic (exact) mass is 431 g/mol. The normalized spacial score (nSPS) is 17.3. The Kier molecular flexibility index (Phi) is 4.82. The summed E-state index contributed by atoms with van der Waals surface area (Å²) in [7, 11) is 3.37. The average Bonchev–Trinajstić information content (AvgIpc) is 3.51. The van der Waals surface area contributed by atoms with Gasteiger partial charge < -0.3 is 26.0 Å². The number of amides is 2. The summed E-state index contributed by atoms with van der Waals surface area (Å²) in [6, 6.07) is 11.3. The third-order valence-electron chi connectivity index (χ3n) is 6.07. The number of aliphatic hydroxyl groups excluding tert-OH is 1. The third kappa shape index (κ3) is 3.27. The largest absolute Gasteiger partial charge is 0.504 e. The lowest BCUT2D eigenvalue weighted by Crippen LogP contribution is -2.29. The van der Waals surface area contributed by atoms with E-state index < -0.39 is 0 Å². The lowest BCUT2D eigenvalue weighted by molar-refractivity contribution is 0.229. The number of H-pyrrole nitrogens is 1. The van der Waals surface area contributed by atoms with Crippen molar-refractivity contribution in [3.05, 3.63) is 64.7 Å². The molecule has 1 aromatic heterocycles. The molecule has 0 radical (unpaired) electrons. The Balaban J connectivity index is 1.44. The number of carbonyl (C=O) groups is 1. The van der Waals surface area contributed by atoms with Gasteiger partial charge in [-0.25, -0.2) is 9.78 Å². The molecule has 2 aliphatic rings. The number of nitrogens with one attached hydrogen (secondary N) is 2. The Morgan fingerprint density at radius 3 is 2.53 bits per heavy atom. The fourth-order valence-corrected chi connectivity index (χ4v) is 4.21. The molecule has 0 aliphatic carbocycles. The van der Waals surface area contributed by atoms with Gasteiger partial charge in [-0.05, 0) is 35.4 Å². The van der Waals surface area contributed by atoms with Crippen molar-refractivity contribution in [3.63, 3.8) is 0 Å². The highest BCUT2D eigenvalue weighted by Gasteiger charge is 2.26. The minimum Gasteiger partial charge on any atom is -0.504 e. The molecule has 0 saturated carbocycles. The highest BCUT2D eigenvalue weighted by atomic mass is 16.3. The molecule has 3 aromatic rings. The number of aromatic amines is 1. The lowest BCUT2D eigenvalue weighted by Gasteiger charge is -2.16. The van der Waals surface area contributed by atoms with Crippen molar-refractivity contribution in [2.45, 2.75) is 13.1 Å². The van der Waals surface area contributed by atoms with E-state index in [-0.39, 0.29) is 23.2 Å². The molecule has 1 saturated heterocycles. The molecule has 5 rings (SSSR count). The van der Waals surface area contributed by atoms with Crippen LogP contribution in [0, 0.1) is 0 Å². The molecule has 9 nitrogen and oxygen atoms in total. The number of hydrogen-bond donors (Lipinski definition) is 4. The van der Waals surface area contributed by atoms with Crippen molar-refractivity contribution in [2.24, 2.45) is 10.7 Å². The van der Waals surface area contributed by atoms with E-state index in [2.05, 4.69) is 32.4 Å². The molecule has 1 fully saturated rings. The average molecular weight is 432 g/mol. The molecule has 0 spiro atoms. The summed E-state index contributed by atoms with van der Waals surface area (Å²) >= 11 is 0. The Morgan fingerprint density at radius 1 is 1.16 bits per heavy atom. The number of rotatable bonds is 4. The van der Waals surface area contributed by atoms with Crippen molar-refractivity contribution < 1.29 is 9.90 Å². The number of benzene rings is 2. The molecule has 0 bridgehead atoms. The van der Waals surface area contributed by atoms with Gasteiger partial charge in [0.1, 0.15) is 5.71 Å². The van der Waals surface area contributed by atoms with E-state index in [0.29, 0.717) is 24.5 Å². The quantitative estimate of drug-likeness (QED) is 0.373. The van der Waals surface area contributed by atoms with Gasteiger partial charge in [-0.2, -0.15) is 0 Å². The Hall–Kier alpha value is -3.85. The van der Waals surface area contributed by atoms with Gasteiger partial charge in [0.05, 0.1) is 16.7 Å². The van der Waals surface area contributed by atoms with Crippen LogP contribution in [0.1, 0.15) is 22.5 Å². The summed E-state index contributed by atoms with van der Waals surface area (Å²) in [4.78, 5) is 27.7. The topological polar surface area (TPSA) is 123 Å². The van der Waals surface area contributed by atoms with Crippen LogP contribution in [0.25, 0.3) is 16.7 Å². The fourth-order valence-electron chi connectivity index (χ4n) is 4.21. The predicted molar refractivity (Wildman–Crippen MR) is 125 cm³/mol. The number of hydrogen-bond acceptors (Lipinski definition) is 6. The van der Waals surface area contributed by atoms with Crippen molar-refractivity contribution in [2.75, 3.05) is 32.1 Å². The number of nitrogens with two attached hydrogens (primary N) is 1. The van der Waals surface area contributed by atoms with Crippen LogP contribution >= 0.6 is 0 Å². The van der Waals surface area contributed by atoms with Crippen LogP contribution in [-0.2, 0) is 13.1 Å². The van der Waals surface area contributed by atoms with Gasteiger partial charge in [0.15, 0.2) is 11.6 Å². The second-order valence-corrected chi connectivity index (χ2v) is 8.06. The van der Waals surface area contributed by atoms with E-state index in [1.165, 1.54) is 11.1 Å². The van der Waals surface area contributed by atoms with Crippen molar-refractivity contribution in [1.29, 1.82) is 0 Å². The number of aromatic nitrogens is 2. The van der Waals surface area contributed by atoms with Crippen LogP contribution < -0.4 is 16.0 Å². The number of carbonyl (C=O) groups excluding carboxylic acids is 1. The lowest BCUT2D eigenvalue weighted by atomic mass is 10.1. The molecule has 0 unspecified atom stereocenters. The summed E-state index contributed by atoms with van der Waals surface area (Å²) in [6.45, 7) is 3.00. The van der Waals surface area contributed by atoms with E-state index in [9.17, 15) is 9.90 Å². The SMILES string of the molecule is CN=C(C(O)=C(N)c1ccc(N2CCN(C)C2=O)cc1)c1nc2cc3c(cc2[nH]1)CNC3. The van der Waals surface area contributed by atoms with Crippen LogP contribution in [0.2, 0.25) is 0 Å². The first-order chi connectivity index (χ1) is 15.5. The second-order valence-electron chi connectivity index (χ2n) is 8.06. The van der Waals surface area contributed by atoms with Gasteiger partial charge in [0.25, 0.3) is 0 Å². The van der Waals surface area contributed by atoms with Crippen molar-refractivity contribution >= 4 is 34.2 Å². The zero-order valence-electron chi connectivity index (χ0n) is 18.0. The van der Waals surface area contributed by atoms with Gasteiger partial charge in [-0.15, -0.1) is 0 Å². The smallest absolute Gasteiger partial charge is 0.324 e. The molecule has 2 aliphatic heterocycles. The first-order valence-corrected chi connectivity index (χ1v) is 10.5. The number of fused-ring (bicyclic) bond motifs is 2. The number of aliphatic hydroxyl groups is 1. The summed E-state index contributed by atoms with van der Waals surface area (Å²) in [5.74, 6) is 0.312. The molecular weight excluding hydrogens is 406 g/mol. The number of allylic oxidation sites excluding steroid dienone is 1. The summed E-state index contributed by atoms with van der Waals surface area (Å²) < 4.78 is 0.